The summed E-state index contributed by atoms with van der Waals surface area (Å²) in [4.78, 5) is 5.48. The molecule has 0 aliphatic rings. The summed E-state index contributed by atoms with van der Waals surface area (Å²) in [7, 11) is 4.76. The molecule has 138 valence electrons. The second kappa shape index (κ2) is 7.21. The fraction of sp³-hybridized carbons (Fsp3) is 0.158. The molecule has 0 bridgehead atoms. The molecule has 2 aromatic carbocycles. The van der Waals surface area contributed by atoms with Gasteiger partial charge in [-0.05, 0) is 18.2 Å². The summed E-state index contributed by atoms with van der Waals surface area (Å²) < 4.78 is 19.1. The highest BCUT2D eigenvalue weighted by atomic mass is 79.9. The lowest BCUT2D eigenvalue weighted by Crippen LogP contribution is -1.96. The molecule has 0 saturated carbocycles. The summed E-state index contributed by atoms with van der Waals surface area (Å²) >= 11 is 5.15. The Kier molecular flexibility index (Phi) is 4.75. The first-order valence-corrected chi connectivity index (χ1v) is 9.73. The minimum atomic E-state index is 0.540. The molecule has 0 radical (unpaired) electrons. The van der Waals surface area contributed by atoms with Crippen LogP contribution in [-0.2, 0) is 0 Å². The fourth-order valence-electron chi connectivity index (χ4n) is 2.87. The van der Waals surface area contributed by atoms with E-state index in [-0.39, 0.29) is 0 Å². The number of fused-ring (bicyclic) bond motifs is 1. The van der Waals surface area contributed by atoms with Crippen molar-refractivity contribution in [2.75, 3.05) is 21.3 Å². The molecule has 0 atom stereocenters. The number of hydrogen-bond donors (Lipinski definition) is 0. The van der Waals surface area contributed by atoms with Crippen molar-refractivity contribution >= 4 is 32.2 Å². The van der Waals surface area contributed by atoms with E-state index in [4.69, 9.17) is 19.3 Å². The van der Waals surface area contributed by atoms with Gasteiger partial charge in [-0.15, -0.1) is 16.4 Å². The predicted molar refractivity (Wildman–Crippen MR) is 109 cm³/mol. The van der Waals surface area contributed by atoms with Gasteiger partial charge in [0.1, 0.15) is 0 Å². The first-order valence-electron chi connectivity index (χ1n) is 8.05. The second-order valence-corrected chi connectivity index (χ2v) is 7.34. The topological polar surface area (TPSA) is 57.9 Å². The molecule has 0 unspecified atom stereocenters. The zero-order valence-electron chi connectivity index (χ0n) is 14.9. The highest BCUT2D eigenvalue weighted by Crippen LogP contribution is 2.41. The van der Waals surface area contributed by atoms with Crippen LogP contribution in [0.3, 0.4) is 0 Å². The third-order valence-electron chi connectivity index (χ3n) is 4.15. The number of halogens is 1. The molecule has 0 spiro atoms. The van der Waals surface area contributed by atoms with E-state index in [1.165, 1.54) is 0 Å². The lowest BCUT2D eigenvalue weighted by atomic mass is 10.1. The molecular weight excluding hydrogens is 430 g/mol. The molecule has 0 amide bonds. The molecule has 8 heteroatoms. The third-order valence-corrected chi connectivity index (χ3v) is 5.66. The summed E-state index contributed by atoms with van der Waals surface area (Å²) in [5, 5.41) is 6.76. The number of rotatable bonds is 5. The van der Waals surface area contributed by atoms with E-state index in [1.54, 1.807) is 32.7 Å². The maximum Gasteiger partial charge on any atom is 0.213 e. The van der Waals surface area contributed by atoms with E-state index in [0.717, 1.165) is 26.3 Å². The molecule has 0 aliphatic carbocycles. The Hall–Kier alpha value is -2.58. The molecule has 2 heterocycles. The Morgan fingerprint density at radius 3 is 2.33 bits per heavy atom. The van der Waals surface area contributed by atoms with Gasteiger partial charge in [-0.1, -0.05) is 34.1 Å². The predicted octanol–water partition coefficient (Wildman–Crippen LogP) is 4.91. The van der Waals surface area contributed by atoms with Crippen LogP contribution >= 0.6 is 27.3 Å². The van der Waals surface area contributed by atoms with Gasteiger partial charge in [0.05, 0.1) is 27.0 Å². The molecule has 0 saturated heterocycles. The van der Waals surface area contributed by atoms with Crippen molar-refractivity contribution in [1.29, 1.82) is 0 Å². The Bertz CT molecular complexity index is 1100. The number of hydrogen-bond acceptors (Lipinski definition) is 6. The first kappa shape index (κ1) is 17.8. The van der Waals surface area contributed by atoms with Crippen molar-refractivity contribution in [1.82, 2.24) is 14.6 Å². The van der Waals surface area contributed by atoms with Gasteiger partial charge in [-0.25, -0.2) is 4.52 Å². The van der Waals surface area contributed by atoms with Gasteiger partial charge in [0.15, 0.2) is 17.3 Å². The monoisotopic (exact) mass is 445 g/mol. The van der Waals surface area contributed by atoms with Crippen molar-refractivity contribution in [2.24, 2.45) is 0 Å². The summed E-state index contributed by atoms with van der Waals surface area (Å²) in [6, 6.07) is 11.7. The third kappa shape index (κ3) is 3.04. The second-order valence-electron chi connectivity index (χ2n) is 5.64. The SMILES string of the molecule is COc1cc(-c2nc3scc(-c4ccccc4Br)n3n2)cc(OC)c1OC. The first-order chi connectivity index (χ1) is 13.2. The van der Waals surface area contributed by atoms with Crippen LogP contribution in [0.25, 0.3) is 27.6 Å². The number of methoxy groups -OCH3 is 3. The zero-order valence-corrected chi connectivity index (χ0v) is 17.3. The van der Waals surface area contributed by atoms with Crippen molar-refractivity contribution in [3.05, 3.63) is 46.3 Å². The van der Waals surface area contributed by atoms with Crippen molar-refractivity contribution in [3.8, 4) is 39.9 Å². The average molecular weight is 446 g/mol. The molecule has 6 nitrogen and oxygen atoms in total. The van der Waals surface area contributed by atoms with E-state index in [0.29, 0.717) is 23.1 Å². The van der Waals surface area contributed by atoms with Crippen LogP contribution in [0.15, 0.2) is 46.3 Å². The smallest absolute Gasteiger partial charge is 0.213 e. The van der Waals surface area contributed by atoms with Gasteiger partial charge in [0, 0.05) is 21.0 Å². The van der Waals surface area contributed by atoms with E-state index >= 15 is 0 Å². The molecule has 0 fully saturated rings. The Labute approximate surface area is 168 Å². The molecule has 4 rings (SSSR count). The van der Waals surface area contributed by atoms with E-state index in [2.05, 4.69) is 20.9 Å². The summed E-state index contributed by atoms with van der Waals surface area (Å²) in [5.74, 6) is 2.26. The summed E-state index contributed by atoms with van der Waals surface area (Å²) in [6.45, 7) is 0. The number of aromatic nitrogens is 3. The normalized spacial score (nSPS) is 11.0. The van der Waals surface area contributed by atoms with Gasteiger partial charge in [0.25, 0.3) is 0 Å². The molecule has 0 aliphatic heterocycles. The quantitative estimate of drug-likeness (QED) is 0.436. The van der Waals surface area contributed by atoms with Gasteiger partial charge in [-0.3, -0.25) is 0 Å². The molecular formula is C19H16BrN3O3S. The lowest BCUT2D eigenvalue weighted by molar-refractivity contribution is 0.324. The van der Waals surface area contributed by atoms with Crippen LogP contribution in [0.2, 0.25) is 0 Å². The Balaban J connectivity index is 1.86. The highest BCUT2D eigenvalue weighted by molar-refractivity contribution is 9.10. The lowest BCUT2D eigenvalue weighted by Gasteiger charge is -2.12. The van der Waals surface area contributed by atoms with Gasteiger partial charge < -0.3 is 14.2 Å². The maximum atomic E-state index is 5.43. The van der Waals surface area contributed by atoms with Crippen LogP contribution < -0.4 is 14.2 Å². The molecule has 0 N–H and O–H groups in total. The van der Waals surface area contributed by atoms with Crippen LogP contribution in [0.5, 0.6) is 17.2 Å². The number of thiazole rings is 1. The average Bonchev–Trinajstić information content (AvgIpc) is 3.28. The minimum absolute atomic E-state index is 0.540. The van der Waals surface area contributed by atoms with Crippen molar-refractivity contribution in [2.45, 2.75) is 0 Å². The number of ether oxygens (including phenoxy) is 3. The molecule has 27 heavy (non-hydrogen) atoms. The van der Waals surface area contributed by atoms with Crippen LogP contribution in [0, 0.1) is 0 Å². The summed E-state index contributed by atoms with van der Waals surface area (Å²) in [5.41, 5.74) is 2.83. The Morgan fingerprint density at radius 2 is 1.70 bits per heavy atom. The number of benzene rings is 2. The van der Waals surface area contributed by atoms with E-state index < -0.39 is 0 Å². The minimum Gasteiger partial charge on any atom is -0.493 e. The largest absolute Gasteiger partial charge is 0.493 e. The number of nitrogens with zero attached hydrogens (tertiary/aromatic N) is 3. The zero-order chi connectivity index (χ0) is 19.0. The fourth-order valence-corrected chi connectivity index (χ4v) is 4.18. The maximum absolute atomic E-state index is 5.43. The van der Waals surface area contributed by atoms with Crippen LogP contribution in [0.1, 0.15) is 0 Å². The molecule has 2 aromatic heterocycles. The van der Waals surface area contributed by atoms with Gasteiger partial charge in [-0.2, -0.15) is 4.98 Å². The van der Waals surface area contributed by atoms with E-state index in [1.807, 2.05) is 46.3 Å². The van der Waals surface area contributed by atoms with Gasteiger partial charge in [0.2, 0.25) is 10.7 Å². The van der Waals surface area contributed by atoms with Crippen molar-refractivity contribution < 1.29 is 14.2 Å². The van der Waals surface area contributed by atoms with Crippen LogP contribution in [-0.4, -0.2) is 35.9 Å². The van der Waals surface area contributed by atoms with Gasteiger partial charge >= 0.3 is 0 Å². The Morgan fingerprint density at radius 1 is 1.00 bits per heavy atom. The standard InChI is InChI=1S/C19H16BrN3O3S/c1-24-15-8-11(9-16(25-2)17(15)26-3)18-21-19-23(22-18)14(10-27-19)12-6-4-5-7-13(12)20/h4-10H,1-3H3. The van der Waals surface area contributed by atoms with Crippen LogP contribution in [0.4, 0.5) is 0 Å². The van der Waals surface area contributed by atoms with Crippen molar-refractivity contribution in [3.63, 3.8) is 0 Å². The van der Waals surface area contributed by atoms with E-state index in [9.17, 15) is 0 Å². The molecule has 4 aromatic rings. The highest BCUT2D eigenvalue weighted by Gasteiger charge is 2.18. The summed E-state index contributed by atoms with van der Waals surface area (Å²) in [6.07, 6.45) is 0.